The quantitative estimate of drug-likeness (QED) is 0.653. The van der Waals surface area contributed by atoms with Crippen molar-refractivity contribution in [3.8, 4) is 0 Å². The number of nitrogens with zero attached hydrogens (tertiary/aromatic N) is 1. The molecule has 0 spiro atoms. The number of carboxylic acids is 1. The van der Waals surface area contributed by atoms with Crippen molar-refractivity contribution >= 4 is 18.0 Å². The summed E-state index contributed by atoms with van der Waals surface area (Å²) < 4.78 is 5.39. The van der Waals surface area contributed by atoms with Gasteiger partial charge in [0.1, 0.15) is 17.7 Å². The van der Waals surface area contributed by atoms with Crippen LogP contribution in [0.2, 0.25) is 0 Å². The maximum atomic E-state index is 13.6. The number of ether oxygens (including phenoxy) is 1. The highest BCUT2D eigenvalue weighted by Crippen LogP contribution is 2.43. The van der Waals surface area contributed by atoms with Crippen LogP contribution in [0.1, 0.15) is 44.7 Å². The van der Waals surface area contributed by atoms with Gasteiger partial charge in [-0.3, -0.25) is 4.79 Å². The van der Waals surface area contributed by atoms with E-state index in [4.69, 9.17) is 4.74 Å². The van der Waals surface area contributed by atoms with Gasteiger partial charge in [0.25, 0.3) is 0 Å². The molecule has 2 aliphatic heterocycles. The molecule has 7 heteroatoms. The van der Waals surface area contributed by atoms with E-state index in [1.165, 1.54) is 0 Å². The molecule has 35 heavy (non-hydrogen) atoms. The lowest BCUT2D eigenvalue weighted by Crippen LogP contribution is -2.61. The minimum Gasteiger partial charge on any atom is -0.480 e. The number of fused-ring (bicyclic) bond motifs is 1. The van der Waals surface area contributed by atoms with Gasteiger partial charge in [-0.1, -0.05) is 60.7 Å². The van der Waals surface area contributed by atoms with Crippen LogP contribution in [0.3, 0.4) is 0 Å². The molecule has 5 atom stereocenters. The molecule has 0 saturated carbocycles. The maximum absolute atomic E-state index is 13.6. The second-order valence-corrected chi connectivity index (χ2v) is 10.7. The molecule has 2 fully saturated rings. The van der Waals surface area contributed by atoms with Crippen molar-refractivity contribution in [1.29, 1.82) is 0 Å². The van der Waals surface area contributed by atoms with E-state index in [1.807, 2.05) is 60.7 Å². The number of aliphatic carboxylic acids is 1. The molecular formula is C28H34N2O5. The predicted octanol–water partition coefficient (Wildman–Crippen LogP) is 4.06. The highest BCUT2D eigenvalue weighted by molar-refractivity contribution is 5.91. The molecule has 0 unspecified atom stereocenters. The van der Waals surface area contributed by atoms with Gasteiger partial charge in [-0.25, -0.2) is 9.59 Å². The molecule has 186 valence electrons. The fourth-order valence-electron chi connectivity index (χ4n) is 5.64. The topological polar surface area (TPSA) is 95.9 Å². The molecule has 0 bridgehead atoms. The first-order chi connectivity index (χ1) is 16.6. The number of amides is 2. The molecule has 2 N–H and O–H groups in total. The minimum atomic E-state index is -1.00. The Morgan fingerprint density at radius 3 is 1.94 bits per heavy atom. The molecule has 4 rings (SSSR count). The monoisotopic (exact) mass is 478 g/mol. The molecule has 2 aliphatic rings. The van der Waals surface area contributed by atoms with Crippen LogP contribution >= 0.6 is 0 Å². The molecule has 0 aromatic heterocycles. The van der Waals surface area contributed by atoms with Gasteiger partial charge in [-0.15, -0.1) is 0 Å². The van der Waals surface area contributed by atoms with Gasteiger partial charge < -0.3 is 20.1 Å². The number of hydrogen-bond acceptors (Lipinski definition) is 4. The minimum absolute atomic E-state index is 0.00639. The smallest absolute Gasteiger partial charge is 0.408 e. The van der Waals surface area contributed by atoms with Gasteiger partial charge in [-0.05, 0) is 69.4 Å². The number of alkyl carbamates (subject to hydrolysis) is 1. The molecule has 7 nitrogen and oxygen atoms in total. The van der Waals surface area contributed by atoms with Crippen LogP contribution in [-0.4, -0.2) is 51.7 Å². The van der Waals surface area contributed by atoms with E-state index in [-0.39, 0.29) is 23.8 Å². The summed E-state index contributed by atoms with van der Waals surface area (Å²) >= 11 is 0. The fraction of sp³-hybridized carbons (Fsp3) is 0.464. The number of carboxylic acid groups (broad SMARTS) is 1. The van der Waals surface area contributed by atoms with Crippen molar-refractivity contribution in [3.63, 3.8) is 0 Å². The third kappa shape index (κ3) is 5.84. The maximum Gasteiger partial charge on any atom is 0.408 e. The Morgan fingerprint density at radius 1 is 0.943 bits per heavy atom. The van der Waals surface area contributed by atoms with Gasteiger partial charge >= 0.3 is 12.1 Å². The Hall–Kier alpha value is -3.35. The van der Waals surface area contributed by atoms with Gasteiger partial charge in [0.2, 0.25) is 5.91 Å². The zero-order chi connectivity index (χ0) is 25.2. The molecule has 2 amide bonds. The highest BCUT2D eigenvalue weighted by atomic mass is 16.6. The number of rotatable bonds is 6. The third-order valence-corrected chi connectivity index (χ3v) is 6.90. The zero-order valence-corrected chi connectivity index (χ0v) is 20.5. The van der Waals surface area contributed by atoms with E-state index in [9.17, 15) is 19.5 Å². The van der Waals surface area contributed by atoms with Crippen molar-refractivity contribution in [2.45, 2.75) is 70.2 Å². The molecule has 2 aromatic carbocycles. The number of hydrogen-bond donors (Lipinski definition) is 2. The van der Waals surface area contributed by atoms with Crippen molar-refractivity contribution in [2.75, 3.05) is 0 Å². The normalized spacial score (nSPS) is 26.2. The summed E-state index contributed by atoms with van der Waals surface area (Å²) in [5, 5.41) is 12.8. The average molecular weight is 479 g/mol. The second kappa shape index (κ2) is 10.1. The van der Waals surface area contributed by atoms with E-state index >= 15 is 0 Å². The Labute approximate surface area is 206 Å². The van der Waals surface area contributed by atoms with Crippen molar-refractivity contribution in [2.24, 2.45) is 11.8 Å². The van der Waals surface area contributed by atoms with Crippen LogP contribution in [0.5, 0.6) is 0 Å². The van der Waals surface area contributed by atoms with E-state index in [2.05, 4.69) is 5.32 Å². The summed E-state index contributed by atoms with van der Waals surface area (Å²) in [5.41, 5.74) is 1.55. The van der Waals surface area contributed by atoms with Crippen molar-refractivity contribution in [1.82, 2.24) is 10.2 Å². The van der Waals surface area contributed by atoms with E-state index < -0.39 is 29.7 Å². The van der Waals surface area contributed by atoms with Crippen LogP contribution < -0.4 is 5.32 Å². The number of carbonyl (C=O) groups excluding carboxylic acids is 2. The summed E-state index contributed by atoms with van der Waals surface area (Å²) in [6, 6.07) is 18.1. The van der Waals surface area contributed by atoms with E-state index in [0.29, 0.717) is 25.7 Å². The summed E-state index contributed by atoms with van der Waals surface area (Å²) in [7, 11) is 0. The lowest BCUT2D eigenvalue weighted by atomic mass is 9.76. The van der Waals surface area contributed by atoms with Crippen LogP contribution in [0.4, 0.5) is 4.79 Å². The highest BCUT2D eigenvalue weighted by Gasteiger charge is 2.54. The van der Waals surface area contributed by atoms with Crippen molar-refractivity contribution in [3.05, 3.63) is 71.8 Å². The number of carbonyl (C=O) groups is 3. The summed E-state index contributed by atoms with van der Waals surface area (Å²) in [6.07, 6.45) is 1.56. The van der Waals surface area contributed by atoms with Gasteiger partial charge in [0.15, 0.2) is 0 Å². The molecular weight excluding hydrogens is 444 g/mol. The SMILES string of the molecule is CC(C)(C)OC(=O)N[C@H]1C[C@H](Cc2ccccc2)[C@H]2[C@@H](Cc3ccccc3)C[C@@H](C(=O)O)N2C1=O. The molecule has 0 aliphatic carbocycles. The molecule has 2 heterocycles. The van der Waals surface area contributed by atoms with Gasteiger partial charge in [0, 0.05) is 6.04 Å². The van der Waals surface area contributed by atoms with Crippen LogP contribution in [-0.2, 0) is 27.2 Å². The van der Waals surface area contributed by atoms with E-state index in [1.54, 1.807) is 25.7 Å². The lowest BCUT2D eigenvalue weighted by Gasteiger charge is -2.44. The third-order valence-electron chi connectivity index (χ3n) is 6.90. The Morgan fingerprint density at radius 2 is 1.46 bits per heavy atom. The number of piperidine rings is 1. The van der Waals surface area contributed by atoms with Gasteiger partial charge in [-0.2, -0.15) is 0 Å². The van der Waals surface area contributed by atoms with Gasteiger partial charge in [0.05, 0.1) is 0 Å². The Kier molecular flexibility index (Phi) is 7.15. The lowest BCUT2D eigenvalue weighted by molar-refractivity contribution is -0.154. The summed E-state index contributed by atoms with van der Waals surface area (Å²) in [4.78, 5) is 40.0. The zero-order valence-electron chi connectivity index (χ0n) is 20.5. The number of benzene rings is 2. The Bertz CT molecular complexity index is 1050. The first-order valence-corrected chi connectivity index (χ1v) is 12.2. The molecule has 2 saturated heterocycles. The van der Waals surface area contributed by atoms with Crippen LogP contribution in [0, 0.1) is 11.8 Å². The van der Waals surface area contributed by atoms with Crippen LogP contribution in [0.25, 0.3) is 0 Å². The second-order valence-electron chi connectivity index (χ2n) is 10.7. The number of nitrogens with one attached hydrogen (secondary N) is 1. The predicted molar refractivity (Wildman–Crippen MR) is 132 cm³/mol. The largest absolute Gasteiger partial charge is 0.480 e. The first kappa shape index (κ1) is 24.8. The van der Waals surface area contributed by atoms with Crippen molar-refractivity contribution < 1.29 is 24.2 Å². The average Bonchev–Trinajstić information content (AvgIpc) is 3.17. The summed E-state index contributed by atoms with van der Waals surface area (Å²) in [6.45, 7) is 5.29. The molecule has 0 radical (unpaired) electrons. The summed E-state index contributed by atoms with van der Waals surface area (Å²) in [5.74, 6) is -1.34. The fourth-order valence-corrected chi connectivity index (χ4v) is 5.64. The standard InChI is InChI=1S/C28H34N2O5/c1-28(2,3)35-27(34)29-22-16-20(14-18-10-6-4-7-11-18)24-21(15-19-12-8-5-9-13-19)17-23(26(32)33)30(24)25(22)31/h4-13,20-24H,14-17H2,1-3H3,(H,29,34)(H,32,33)/t20-,21-,22-,23-,24-/m0/s1. The Balaban J connectivity index is 1.65. The first-order valence-electron chi connectivity index (χ1n) is 12.2. The van der Waals surface area contributed by atoms with Crippen LogP contribution in [0.15, 0.2) is 60.7 Å². The van der Waals surface area contributed by atoms with E-state index in [0.717, 1.165) is 11.1 Å². The molecule has 2 aromatic rings.